The molecule has 0 aliphatic heterocycles. The minimum atomic E-state index is -1.22. The number of hydrogen-bond acceptors (Lipinski definition) is 7. The van der Waals surface area contributed by atoms with E-state index in [2.05, 4.69) is 4.74 Å². The van der Waals surface area contributed by atoms with Crippen LogP contribution in [-0.4, -0.2) is 64.9 Å². The van der Waals surface area contributed by atoms with Gasteiger partial charge < -0.3 is 24.8 Å². The number of hydrogen-bond donors (Lipinski definition) is 3. The van der Waals surface area contributed by atoms with Crippen LogP contribution in [0.25, 0.3) is 0 Å². The quantitative estimate of drug-likeness (QED) is 0.272. The van der Waals surface area contributed by atoms with Crippen molar-refractivity contribution in [1.82, 2.24) is 0 Å². The van der Waals surface area contributed by atoms with Crippen molar-refractivity contribution in [1.29, 1.82) is 0 Å². The molecule has 0 rings (SSSR count). The van der Waals surface area contributed by atoms with Crippen LogP contribution in [0.1, 0.15) is 0 Å². The summed E-state index contributed by atoms with van der Waals surface area (Å²) in [6.45, 7) is -0.0879. The van der Waals surface area contributed by atoms with Crippen LogP contribution in [0.3, 0.4) is 0 Å². The second-order valence-electron chi connectivity index (χ2n) is 2.63. The normalized spacial score (nSPS) is 12.3. The Kier molecular flexibility index (Phi) is 10.4. The van der Waals surface area contributed by atoms with Crippen LogP contribution in [0.4, 0.5) is 0 Å². The van der Waals surface area contributed by atoms with Crippen LogP contribution in [0.2, 0.25) is 0 Å². The van der Waals surface area contributed by atoms with E-state index >= 15 is 0 Å². The summed E-state index contributed by atoms with van der Waals surface area (Å²) < 4.78 is 9.61. The first-order valence-corrected chi connectivity index (χ1v) is 6.99. The third-order valence-electron chi connectivity index (χ3n) is 1.26. The van der Waals surface area contributed by atoms with Gasteiger partial charge in [0.1, 0.15) is 6.61 Å². The highest BCUT2D eigenvalue weighted by molar-refractivity contribution is 8.77. The van der Waals surface area contributed by atoms with Gasteiger partial charge in [-0.2, -0.15) is 0 Å². The molecule has 9 heteroatoms. The van der Waals surface area contributed by atoms with Crippen molar-refractivity contribution >= 4 is 33.5 Å². The highest BCUT2D eigenvalue weighted by Crippen LogP contribution is 2.27. The first kappa shape index (κ1) is 16.5. The Hall–Kier alpha value is -0.480. The van der Waals surface area contributed by atoms with E-state index < -0.39 is 24.0 Å². The number of aliphatic hydroxyl groups excluding tert-OH is 1. The standard InChI is InChI=1S/C8H14O7S2/c9-1-2-14-3-4-16-17-8(7(12)13)15-5-6(10)11/h8-9H,1-5H2,(H,10,11)(H,12,13). The second kappa shape index (κ2) is 10.7. The van der Waals surface area contributed by atoms with E-state index in [9.17, 15) is 9.59 Å². The van der Waals surface area contributed by atoms with Crippen LogP contribution in [-0.2, 0) is 19.1 Å². The Bertz CT molecular complexity index is 236. The fourth-order valence-electron chi connectivity index (χ4n) is 0.657. The zero-order valence-electron chi connectivity index (χ0n) is 8.90. The Labute approximate surface area is 106 Å². The van der Waals surface area contributed by atoms with E-state index in [0.29, 0.717) is 12.4 Å². The summed E-state index contributed by atoms with van der Waals surface area (Å²) in [7, 11) is 2.12. The van der Waals surface area contributed by atoms with E-state index in [1.54, 1.807) is 0 Å². The number of aliphatic carboxylic acids is 2. The van der Waals surface area contributed by atoms with Gasteiger partial charge in [0.05, 0.1) is 19.8 Å². The van der Waals surface area contributed by atoms with Gasteiger partial charge in [-0.1, -0.05) is 21.6 Å². The van der Waals surface area contributed by atoms with E-state index in [1.807, 2.05) is 0 Å². The number of carbonyl (C=O) groups is 2. The summed E-state index contributed by atoms with van der Waals surface area (Å²) in [5, 5.41) is 25.5. The van der Waals surface area contributed by atoms with Gasteiger partial charge >= 0.3 is 11.9 Å². The summed E-state index contributed by atoms with van der Waals surface area (Å²) in [6, 6.07) is 0. The molecule has 0 aromatic heterocycles. The molecule has 0 heterocycles. The molecule has 0 aliphatic rings. The lowest BCUT2D eigenvalue weighted by atomic mass is 10.7. The number of aliphatic hydroxyl groups is 1. The SMILES string of the molecule is O=C(O)COC(SSCCOCCO)C(=O)O. The van der Waals surface area contributed by atoms with Gasteiger partial charge in [-0.15, -0.1) is 0 Å². The molecule has 0 spiro atoms. The smallest absolute Gasteiger partial charge is 0.344 e. The largest absolute Gasteiger partial charge is 0.480 e. The maximum absolute atomic E-state index is 10.7. The molecule has 17 heavy (non-hydrogen) atoms. The topological polar surface area (TPSA) is 113 Å². The molecule has 3 N–H and O–H groups in total. The Balaban J connectivity index is 3.63. The van der Waals surface area contributed by atoms with Crippen LogP contribution < -0.4 is 0 Å². The molecular formula is C8H14O7S2. The van der Waals surface area contributed by atoms with Crippen molar-refractivity contribution in [2.75, 3.05) is 32.2 Å². The molecular weight excluding hydrogens is 272 g/mol. The zero-order valence-corrected chi connectivity index (χ0v) is 10.5. The summed E-state index contributed by atoms with van der Waals surface area (Å²) in [5.74, 6) is -1.92. The van der Waals surface area contributed by atoms with Crippen molar-refractivity contribution < 1.29 is 34.4 Å². The van der Waals surface area contributed by atoms with Gasteiger partial charge in [0.2, 0.25) is 5.44 Å². The number of carboxylic acid groups (broad SMARTS) is 2. The Morgan fingerprint density at radius 3 is 2.47 bits per heavy atom. The van der Waals surface area contributed by atoms with E-state index in [-0.39, 0.29) is 13.2 Å². The summed E-state index contributed by atoms with van der Waals surface area (Å²) in [4.78, 5) is 20.9. The van der Waals surface area contributed by atoms with Gasteiger partial charge in [-0.25, -0.2) is 9.59 Å². The molecule has 0 saturated heterocycles. The highest BCUT2D eigenvalue weighted by Gasteiger charge is 2.20. The zero-order chi connectivity index (χ0) is 13.1. The fraction of sp³-hybridized carbons (Fsp3) is 0.750. The monoisotopic (exact) mass is 286 g/mol. The van der Waals surface area contributed by atoms with Crippen molar-refractivity contribution in [3.63, 3.8) is 0 Å². The molecule has 0 fully saturated rings. The van der Waals surface area contributed by atoms with Gasteiger partial charge in [0.25, 0.3) is 0 Å². The fourth-order valence-corrected chi connectivity index (χ4v) is 2.55. The summed E-state index contributed by atoms with van der Waals surface area (Å²) in [6.07, 6.45) is 0. The first-order valence-electron chi connectivity index (χ1n) is 4.61. The predicted octanol–water partition coefficient (Wildman–Crippen LogP) is -0.111. The minimum Gasteiger partial charge on any atom is -0.480 e. The maximum atomic E-state index is 10.7. The number of carboxylic acids is 2. The Morgan fingerprint density at radius 1 is 1.24 bits per heavy atom. The first-order chi connectivity index (χ1) is 8.07. The van der Waals surface area contributed by atoms with Gasteiger partial charge in [0.15, 0.2) is 0 Å². The third-order valence-corrected chi connectivity index (χ3v) is 3.68. The number of rotatable bonds is 11. The van der Waals surface area contributed by atoms with E-state index in [0.717, 1.165) is 10.8 Å². The van der Waals surface area contributed by atoms with Crippen LogP contribution >= 0.6 is 21.6 Å². The van der Waals surface area contributed by atoms with Crippen molar-refractivity contribution in [3.05, 3.63) is 0 Å². The molecule has 0 aromatic rings. The van der Waals surface area contributed by atoms with E-state index in [1.165, 1.54) is 10.8 Å². The van der Waals surface area contributed by atoms with Crippen molar-refractivity contribution in [2.45, 2.75) is 5.44 Å². The molecule has 0 aromatic carbocycles. The van der Waals surface area contributed by atoms with Crippen LogP contribution in [0, 0.1) is 0 Å². The summed E-state index contributed by atoms with van der Waals surface area (Å²) in [5.41, 5.74) is -1.21. The van der Waals surface area contributed by atoms with E-state index in [4.69, 9.17) is 20.1 Å². The molecule has 0 amide bonds. The second-order valence-corrected chi connectivity index (χ2v) is 5.18. The van der Waals surface area contributed by atoms with Crippen molar-refractivity contribution in [2.24, 2.45) is 0 Å². The van der Waals surface area contributed by atoms with Gasteiger partial charge in [-0.05, 0) is 0 Å². The average molecular weight is 286 g/mol. The third kappa shape index (κ3) is 10.4. The lowest BCUT2D eigenvalue weighted by Gasteiger charge is -2.10. The molecule has 1 atom stereocenters. The Morgan fingerprint density at radius 2 is 1.94 bits per heavy atom. The molecule has 0 bridgehead atoms. The predicted molar refractivity (Wildman–Crippen MR) is 63.0 cm³/mol. The lowest BCUT2D eigenvalue weighted by molar-refractivity contribution is -0.150. The lowest BCUT2D eigenvalue weighted by Crippen LogP contribution is -2.22. The molecule has 0 saturated carbocycles. The minimum absolute atomic E-state index is 0.0583. The van der Waals surface area contributed by atoms with Crippen LogP contribution in [0.5, 0.6) is 0 Å². The van der Waals surface area contributed by atoms with Gasteiger partial charge in [-0.3, -0.25) is 0 Å². The average Bonchev–Trinajstić information content (AvgIpc) is 2.26. The molecule has 7 nitrogen and oxygen atoms in total. The van der Waals surface area contributed by atoms with Crippen molar-refractivity contribution in [3.8, 4) is 0 Å². The maximum Gasteiger partial charge on any atom is 0.344 e. The molecule has 0 radical (unpaired) electrons. The molecule has 100 valence electrons. The summed E-state index contributed by atoms with van der Waals surface area (Å²) >= 11 is 0. The van der Waals surface area contributed by atoms with Crippen LogP contribution in [0.15, 0.2) is 0 Å². The molecule has 0 aliphatic carbocycles. The molecule has 1 unspecified atom stereocenters. The number of ether oxygens (including phenoxy) is 2. The highest BCUT2D eigenvalue weighted by atomic mass is 33.1. The van der Waals surface area contributed by atoms with Gasteiger partial charge in [0, 0.05) is 5.75 Å².